The molecule has 3 heteroatoms. The quantitative estimate of drug-likeness (QED) is 0.688. The van der Waals surface area contributed by atoms with E-state index in [1.54, 1.807) is 7.11 Å². The van der Waals surface area contributed by atoms with Gasteiger partial charge in [0.1, 0.15) is 0 Å². The zero-order valence-electron chi connectivity index (χ0n) is 12.2. The maximum atomic E-state index is 4.98. The molecule has 0 aliphatic heterocycles. The number of fused-ring (bicyclic) bond motifs is 1. The Morgan fingerprint density at radius 1 is 0.900 bits per heavy atom. The average molecular weight is 272 g/mol. The molecule has 3 nitrogen and oxygen atoms in total. The SMILES string of the molecule is COCCNCCCNCc1ccc2ccccc2c1. The summed E-state index contributed by atoms with van der Waals surface area (Å²) in [6, 6.07) is 15.1. The molecule has 0 atom stereocenters. The Bertz CT molecular complexity index is 513. The Kier molecular flexibility index (Phi) is 6.51. The maximum Gasteiger partial charge on any atom is 0.0587 e. The predicted molar refractivity (Wildman–Crippen MR) is 85.0 cm³/mol. The van der Waals surface area contributed by atoms with Crippen molar-refractivity contribution < 1.29 is 4.74 Å². The summed E-state index contributed by atoms with van der Waals surface area (Å²) in [5, 5.41) is 9.45. The third-order valence-corrected chi connectivity index (χ3v) is 3.33. The van der Waals surface area contributed by atoms with Crippen LogP contribution in [-0.2, 0) is 11.3 Å². The van der Waals surface area contributed by atoms with E-state index in [1.165, 1.54) is 16.3 Å². The first-order valence-corrected chi connectivity index (χ1v) is 7.28. The van der Waals surface area contributed by atoms with Crippen molar-refractivity contribution in [3.63, 3.8) is 0 Å². The van der Waals surface area contributed by atoms with Crippen molar-refractivity contribution in [1.29, 1.82) is 0 Å². The largest absolute Gasteiger partial charge is 0.383 e. The fraction of sp³-hybridized carbons (Fsp3) is 0.412. The van der Waals surface area contributed by atoms with Crippen molar-refractivity contribution in [3.8, 4) is 0 Å². The third kappa shape index (κ3) is 4.93. The summed E-state index contributed by atoms with van der Waals surface area (Å²) < 4.78 is 4.98. The van der Waals surface area contributed by atoms with E-state index in [1.807, 2.05) is 0 Å². The molecule has 2 aromatic carbocycles. The molecule has 0 heterocycles. The monoisotopic (exact) mass is 272 g/mol. The number of rotatable bonds is 9. The molecular formula is C17H24N2O. The molecule has 2 aromatic rings. The van der Waals surface area contributed by atoms with Crippen LogP contribution < -0.4 is 10.6 Å². The van der Waals surface area contributed by atoms with Crippen molar-refractivity contribution >= 4 is 10.8 Å². The van der Waals surface area contributed by atoms with E-state index in [2.05, 4.69) is 53.1 Å². The second kappa shape index (κ2) is 8.69. The number of methoxy groups -OCH3 is 1. The zero-order valence-corrected chi connectivity index (χ0v) is 12.2. The number of hydrogen-bond acceptors (Lipinski definition) is 3. The molecule has 0 saturated carbocycles. The lowest BCUT2D eigenvalue weighted by molar-refractivity contribution is 0.199. The van der Waals surface area contributed by atoms with Gasteiger partial charge < -0.3 is 15.4 Å². The smallest absolute Gasteiger partial charge is 0.0587 e. The van der Waals surface area contributed by atoms with Crippen LogP contribution in [0.1, 0.15) is 12.0 Å². The van der Waals surface area contributed by atoms with Crippen LogP contribution >= 0.6 is 0 Å². The van der Waals surface area contributed by atoms with Gasteiger partial charge in [-0.25, -0.2) is 0 Å². The lowest BCUT2D eigenvalue weighted by atomic mass is 10.1. The van der Waals surface area contributed by atoms with Gasteiger partial charge in [-0.15, -0.1) is 0 Å². The summed E-state index contributed by atoms with van der Waals surface area (Å²) in [7, 11) is 1.73. The first-order chi connectivity index (χ1) is 9.90. The molecule has 0 radical (unpaired) electrons. The Balaban J connectivity index is 1.65. The number of ether oxygens (including phenoxy) is 1. The van der Waals surface area contributed by atoms with Gasteiger partial charge in [-0.05, 0) is 41.9 Å². The highest BCUT2D eigenvalue weighted by molar-refractivity contribution is 5.82. The van der Waals surface area contributed by atoms with Gasteiger partial charge in [-0.2, -0.15) is 0 Å². The number of hydrogen-bond donors (Lipinski definition) is 2. The summed E-state index contributed by atoms with van der Waals surface area (Å²) >= 11 is 0. The minimum atomic E-state index is 0.782. The summed E-state index contributed by atoms with van der Waals surface area (Å²) in [6.45, 7) is 4.72. The summed E-state index contributed by atoms with van der Waals surface area (Å²) in [6.07, 6.45) is 1.14. The highest BCUT2D eigenvalue weighted by atomic mass is 16.5. The van der Waals surface area contributed by atoms with Crippen LogP contribution in [0.4, 0.5) is 0 Å². The summed E-state index contributed by atoms with van der Waals surface area (Å²) in [5.74, 6) is 0. The molecule has 0 saturated heterocycles. The Labute approximate surface area is 121 Å². The van der Waals surface area contributed by atoms with Crippen molar-refractivity contribution in [2.45, 2.75) is 13.0 Å². The van der Waals surface area contributed by atoms with E-state index in [9.17, 15) is 0 Å². The topological polar surface area (TPSA) is 33.3 Å². The van der Waals surface area contributed by atoms with Crippen LogP contribution in [0.3, 0.4) is 0 Å². The predicted octanol–water partition coefficient (Wildman–Crippen LogP) is 2.56. The van der Waals surface area contributed by atoms with Gasteiger partial charge in [-0.3, -0.25) is 0 Å². The summed E-state index contributed by atoms with van der Waals surface area (Å²) in [4.78, 5) is 0. The van der Waals surface area contributed by atoms with Crippen LogP contribution in [0, 0.1) is 0 Å². The summed E-state index contributed by atoms with van der Waals surface area (Å²) in [5.41, 5.74) is 1.34. The first-order valence-electron chi connectivity index (χ1n) is 7.28. The molecule has 0 aliphatic rings. The van der Waals surface area contributed by atoms with E-state index in [0.29, 0.717) is 0 Å². The van der Waals surface area contributed by atoms with Crippen molar-refractivity contribution in [3.05, 3.63) is 48.0 Å². The van der Waals surface area contributed by atoms with Gasteiger partial charge in [0.05, 0.1) is 6.61 Å². The highest BCUT2D eigenvalue weighted by Crippen LogP contribution is 2.15. The van der Waals surface area contributed by atoms with Crippen LogP contribution in [-0.4, -0.2) is 33.4 Å². The lowest BCUT2D eigenvalue weighted by Crippen LogP contribution is -2.24. The van der Waals surface area contributed by atoms with Crippen LogP contribution in [0.2, 0.25) is 0 Å². The third-order valence-electron chi connectivity index (χ3n) is 3.33. The normalized spacial score (nSPS) is 11.1. The fourth-order valence-electron chi connectivity index (χ4n) is 2.22. The number of benzene rings is 2. The molecule has 0 aliphatic carbocycles. The van der Waals surface area contributed by atoms with Gasteiger partial charge >= 0.3 is 0 Å². The van der Waals surface area contributed by atoms with Crippen LogP contribution in [0.15, 0.2) is 42.5 Å². The Morgan fingerprint density at radius 3 is 2.55 bits per heavy atom. The number of nitrogens with one attached hydrogen (secondary N) is 2. The van der Waals surface area contributed by atoms with Gasteiger partial charge in [0.15, 0.2) is 0 Å². The van der Waals surface area contributed by atoms with Gasteiger partial charge in [-0.1, -0.05) is 36.4 Å². The molecule has 2 rings (SSSR count). The molecule has 0 amide bonds. The van der Waals surface area contributed by atoms with E-state index < -0.39 is 0 Å². The average Bonchev–Trinajstić information content (AvgIpc) is 2.50. The van der Waals surface area contributed by atoms with E-state index >= 15 is 0 Å². The minimum absolute atomic E-state index is 0.782. The fourth-order valence-corrected chi connectivity index (χ4v) is 2.22. The highest BCUT2D eigenvalue weighted by Gasteiger charge is 1.96. The molecule has 0 fully saturated rings. The molecule has 108 valence electrons. The van der Waals surface area contributed by atoms with E-state index in [-0.39, 0.29) is 0 Å². The molecule has 20 heavy (non-hydrogen) atoms. The van der Waals surface area contributed by atoms with Crippen LogP contribution in [0.25, 0.3) is 10.8 Å². The standard InChI is InChI=1S/C17H24N2O/c1-20-12-11-18-9-4-10-19-14-15-7-8-16-5-2-3-6-17(16)13-15/h2-3,5-8,13,18-19H,4,9-12,14H2,1H3. The molecule has 0 spiro atoms. The van der Waals surface area contributed by atoms with E-state index in [0.717, 1.165) is 39.2 Å². The first kappa shape index (κ1) is 15.0. The van der Waals surface area contributed by atoms with Gasteiger partial charge in [0.25, 0.3) is 0 Å². The van der Waals surface area contributed by atoms with Crippen molar-refractivity contribution in [2.75, 3.05) is 33.4 Å². The molecule has 0 aromatic heterocycles. The van der Waals surface area contributed by atoms with Crippen molar-refractivity contribution in [2.24, 2.45) is 0 Å². The second-order valence-corrected chi connectivity index (χ2v) is 4.95. The minimum Gasteiger partial charge on any atom is -0.383 e. The van der Waals surface area contributed by atoms with Crippen molar-refractivity contribution in [1.82, 2.24) is 10.6 Å². The second-order valence-electron chi connectivity index (χ2n) is 4.95. The van der Waals surface area contributed by atoms with E-state index in [4.69, 9.17) is 4.74 Å². The Morgan fingerprint density at radius 2 is 1.70 bits per heavy atom. The zero-order chi connectivity index (χ0) is 14.0. The van der Waals surface area contributed by atoms with Gasteiger partial charge in [0.2, 0.25) is 0 Å². The van der Waals surface area contributed by atoms with Crippen LogP contribution in [0.5, 0.6) is 0 Å². The molecule has 0 bridgehead atoms. The van der Waals surface area contributed by atoms with Gasteiger partial charge in [0, 0.05) is 20.2 Å². The molecular weight excluding hydrogens is 248 g/mol. The maximum absolute atomic E-state index is 4.98. The molecule has 0 unspecified atom stereocenters. The Hall–Kier alpha value is -1.42. The molecule has 2 N–H and O–H groups in total. The lowest BCUT2D eigenvalue weighted by Gasteiger charge is -2.07.